The van der Waals surface area contributed by atoms with Crippen LogP contribution in [0.1, 0.15) is 45.4 Å². The maximum absolute atomic E-state index is 12.1. The lowest BCUT2D eigenvalue weighted by atomic mass is 9.76. The largest absolute Gasteiger partial charge is 0.465 e. The number of carbonyl (C=O) groups excluding carboxylic acids is 1. The molecule has 2 aromatic rings. The summed E-state index contributed by atoms with van der Waals surface area (Å²) in [4.78, 5) is 12.1. The van der Waals surface area contributed by atoms with Gasteiger partial charge in [-0.25, -0.2) is 4.79 Å². The Morgan fingerprint density at radius 1 is 1.20 bits per heavy atom. The van der Waals surface area contributed by atoms with E-state index >= 15 is 0 Å². The van der Waals surface area contributed by atoms with Crippen LogP contribution in [0, 0.1) is 12.8 Å². The Bertz CT molecular complexity index is 874. The summed E-state index contributed by atoms with van der Waals surface area (Å²) in [5.41, 5.74) is 5.18. The van der Waals surface area contributed by atoms with Gasteiger partial charge in [-0.3, -0.25) is 0 Å². The smallest absolute Gasteiger partial charge is 0.338 e. The third-order valence-electron chi connectivity index (χ3n) is 5.44. The van der Waals surface area contributed by atoms with Crippen LogP contribution in [-0.4, -0.2) is 13.1 Å². The first kappa shape index (κ1) is 16.4. The number of nitrogens with one attached hydrogen (secondary N) is 1. The lowest BCUT2D eigenvalue weighted by Crippen LogP contribution is -2.30. The van der Waals surface area contributed by atoms with Crippen LogP contribution >= 0.6 is 15.9 Å². The van der Waals surface area contributed by atoms with Gasteiger partial charge in [0.1, 0.15) is 0 Å². The number of hydrogen-bond donors (Lipinski definition) is 1. The molecule has 3 atom stereocenters. The van der Waals surface area contributed by atoms with E-state index in [1.165, 1.54) is 18.2 Å². The Labute approximate surface area is 156 Å². The van der Waals surface area contributed by atoms with E-state index in [0.29, 0.717) is 17.4 Å². The molecule has 1 heterocycles. The van der Waals surface area contributed by atoms with E-state index in [9.17, 15) is 4.79 Å². The quantitative estimate of drug-likeness (QED) is 0.546. The highest BCUT2D eigenvalue weighted by molar-refractivity contribution is 9.10. The molecule has 4 rings (SSSR count). The van der Waals surface area contributed by atoms with Gasteiger partial charge in [-0.15, -0.1) is 0 Å². The van der Waals surface area contributed by atoms with Crippen molar-refractivity contribution in [2.75, 3.05) is 12.4 Å². The molecule has 0 saturated carbocycles. The second-order valence-corrected chi connectivity index (χ2v) is 7.55. The van der Waals surface area contributed by atoms with Crippen molar-refractivity contribution < 1.29 is 9.53 Å². The minimum absolute atomic E-state index is 0.203. The predicted octanol–water partition coefficient (Wildman–Crippen LogP) is 5.37. The fourth-order valence-electron chi connectivity index (χ4n) is 4.18. The number of ether oxygens (including phenoxy) is 1. The Hall–Kier alpha value is -2.07. The molecule has 4 heteroatoms. The third kappa shape index (κ3) is 2.60. The van der Waals surface area contributed by atoms with Crippen molar-refractivity contribution in [3.8, 4) is 0 Å². The van der Waals surface area contributed by atoms with Gasteiger partial charge in [0.05, 0.1) is 18.7 Å². The maximum atomic E-state index is 12.1. The number of fused-ring (bicyclic) bond motifs is 3. The molecule has 2 aromatic carbocycles. The second-order valence-electron chi connectivity index (χ2n) is 6.69. The molecular formula is C21H20BrNO2. The van der Waals surface area contributed by atoms with Crippen LogP contribution in [0.3, 0.4) is 0 Å². The van der Waals surface area contributed by atoms with Crippen LogP contribution in [0.15, 0.2) is 53.0 Å². The van der Waals surface area contributed by atoms with E-state index in [1.54, 1.807) is 0 Å². The average Bonchev–Trinajstić information content (AvgIpc) is 3.11. The van der Waals surface area contributed by atoms with Crippen molar-refractivity contribution in [1.82, 2.24) is 0 Å². The van der Waals surface area contributed by atoms with E-state index < -0.39 is 0 Å². The Morgan fingerprint density at radius 3 is 2.76 bits per heavy atom. The maximum Gasteiger partial charge on any atom is 0.338 e. The van der Waals surface area contributed by atoms with Crippen molar-refractivity contribution in [3.63, 3.8) is 0 Å². The first-order valence-electron chi connectivity index (χ1n) is 8.51. The highest BCUT2D eigenvalue weighted by Crippen LogP contribution is 2.51. The number of anilines is 1. The molecule has 0 aromatic heterocycles. The summed E-state index contributed by atoms with van der Waals surface area (Å²) in [6.45, 7) is 1.99. The Kier molecular flexibility index (Phi) is 4.16. The molecule has 0 unspecified atom stereocenters. The normalized spacial score (nSPS) is 23.6. The molecular weight excluding hydrogens is 378 g/mol. The Morgan fingerprint density at radius 2 is 2.00 bits per heavy atom. The first-order chi connectivity index (χ1) is 12.1. The molecule has 3 nitrogen and oxygen atoms in total. The molecule has 0 spiro atoms. The summed E-state index contributed by atoms with van der Waals surface area (Å²) in [5, 5.41) is 3.74. The lowest BCUT2D eigenvalue weighted by molar-refractivity contribution is 0.0600. The summed E-state index contributed by atoms with van der Waals surface area (Å²) >= 11 is 3.70. The molecule has 0 fully saturated rings. The van der Waals surface area contributed by atoms with Gasteiger partial charge >= 0.3 is 5.97 Å². The van der Waals surface area contributed by atoms with Crippen LogP contribution in [0.5, 0.6) is 0 Å². The predicted molar refractivity (Wildman–Crippen MR) is 103 cm³/mol. The van der Waals surface area contributed by atoms with Crippen LogP contribution in [0.2, 0.25) is 0 Å². The van der Waals surface area contributed by atoms with E-state index in [2.05, 4.69) is 57.7 Å². The summed E-state index contributed by atoms with van der Waals surface area (Å²) in [6.07, 6.45) is 5.64. The number of methoxy groups -OCH3 is 1. The summed E-state index contributed by atoms with van der Waals surface area (Å²) in [7, 11) is 1.42. The second kappa shape index (κ2) is 6.34. The molecule has 128 valence electrons. The van der Waals surface area contributed by atoms with Gasteiger partial charge in [0, 0.05) is 16.1 Å². The molecule has 0 saturated heterocycles. The van der Waals surface area contributed by atoms with Gasteiger partial charge in [-0.2, -0.15) is 0 Å². The minimum Gasteiger partial charge on any atom is -0.465 e. The zero-order valence-electron chi connectivity index (χ0n) is 14.3. The number of rotatable bonds is 2. The van der Waals surface area contributed by atoms with Gasteiger partial charge < -0.3 is 10.1 Å². The molecule has 0 radical (unpaired) electrons. The average molecular weight is 398 g/mol. The fourth-order valence-corrected chi connectivity index (χ4v) is 4.71. The fraction of sp³-hybridized carbons (Fsp3) is 0.286. The summed E-state index contributed by atoms with van der Waals surface area (Å²) < 4.78 is 6.05. The van der Waals surface area contributed by atoms with Crippen LogP contribution in [-0.2, 0) is 4.74 Å². The molecule has 25 heavy (non-hydrogen) atoms. The van der Waals surface area contributed by atoms with Crippen LogP contribution < -0.4 is 5.32 Å². The molecule has 1 aliphatic heterocycles. The number of esters is 1. The van der Waals surface area contributed by atoms with E-state index in [0.717, 1.165) is 22.1 Å². The number of benzene rings is 2. The molecule has 0 amide bonds. The van der Waals surface area contributed by atoms with Crippen molar-refractivity contribution in [3.05, 3.63) is 75.3 Å². The highest BCUT2D eigenvalue weighted by Gasteiger charge is 2.39. The minimum atomic E-state index is -0.288. The van der Waals surface area contributed by atoms with Crippen LogP contribution in [0.4, 0.5) is 5.69 Å². The standard InChI is InChI=1S/C21H20BrNO2/c1-12-13(21(24)25-2)10-11-16-14-7-5-8-15(14)20(23-19(12)16)17-6-3-4-9-18(17)22/h3-7,9-11,14-15,20,23H,8H2,1-2H3/t14-,15+,20-/m0/s1. The number of halogens is 1. The van der Waals surface area contributed by atoms with Crippen molar-refractivity contribution >= 4 is 27.6 Å². The van der Waals surface area contributed by atoms with Crippen LogP contribution in [0.25, 0.3) is 0 Å². The molecule has 0 bridgehead atoms. The van der Waals surface area contributed by atoms with Gasteiger partial charge in [-0.05, 0) is 48.1 Å². The summed E-state index contributed by atoms with van der Waals surface area (Å²) in [5.74, 6) is 0.567. The number of carbonyl (C=O) groups is 1. The third-order valence-corrected chi connectivity index (χ3v) is 6.17. The van der Waals surface area contributed by atoms with Gasteiger partial charge in [0.15, 0.2) is 0 Å². The van der Waals surface area contributed by atoms with Gasteiger partial charge in [-0.1, -0.05) is 52.3 Å². The number of hydrogen-bond acceptors (Lipinski definition) is 3. The van der Waals surface area contributed by atoms with Gasteiger partial charge in [0.2, 0.25) is 0 Å². The zero-order valence-corrected chi connectivity index (χ0v) is 15.8. The SMILES string of the molecule is COC(=O)c1ccc2c(c1C)N[C@H](c1ccccc1Br)[C@@H]1CC=C[C@H]21. The number of allylic oxidation sites excluding steroid dienone is 2. The van der Waals surface area contributed by atoms with Crippen molar-refractivity contribution in [2.24, 2.45) is 5.92 Å². The molecule has 1 aliphatic carbocycles. The monoisotopic (exact) mass is 397 g/mol. The first-order valence-corrected chi connectivity index (χ1v) is 9.30. The zero-order chi connectivity index (χ0) is 17.6. The topological polar surface area (TPSA) is 38.3 Å². The van der Waals surface area contributed by atoms with Gasteiger partial charge in [0.25, 0.3) is 0 Å². The Balaban J connectivity index is 1.85. The lowest BCUT2D eigenvalue weighted by Gasteiger charge is -2.39. The van der Waals surface area contributed by atoms with Crippen molar-refractivity contribution in [1.29, 1.82) is 0 Å². The van der Waals surface area contributed by atoms with E-state index in [4.69, 9.17) is 4.74 Å². The molecule has 1 N–H and O–H groups in total. The van der Waals surface area contributed by atoms with E-state index in [-0.39, 0.29) is 12.0 Å². The van der Waals surface area contributed by atoms with E-state index in [1.807, 2.05) is 19.1 Å². The van der Waals surface area contributed by atoms with Crippen molar-refractivity contribution in [2.45, 2.75) is 25.3 Å². The highest BCUT2D eigenvalue weighted by atomic mass is 79.9. The summed E-state index contributed by atoms with van der Waals surface area (Å²) in [6, 6.07) is 12.5. The molecule has 2 aliphatic rings.